The Labute approximate surface area is 162 Å². The van der Waals surface area contributed by atoms with Gasteiger partial charge in [0.2, 0.25) is 0 Å². The van der Waals surface area contributed by atoms with Crippen LogP contribution in [0.25, 0.3) is 0 Å². The Balaban J connectivity index is 2.02. The van der Waals surface area contributed by atoms with Crippen molar-refractivity contribution in [2.24, 2.45) is 0 Å². The molecule has 1 unspecified atom stereocenters. The third-order valence-electron chi connectivity index (χ3n) is 4.13. The second kappa shape index (κ2) is 8.14. The van der Waals surface area contributed by atoms with Gasteiger partial charge in [-0.15, -0.1) is 0 Å². The molecular formula is C20H20ClN3O3. The molecule has 1 aliphatic heterocycles. The van der Waals surface area contributed by atoms with Gasteiger partial charge in [-0.2, -0.15) is 0 Å². The molecule has 2 aromatic carbocycles. The van der Waals surface area contributed by atoms with Crippen molar-refractivity contribution in [1.82, 2.24) is 10.6 Å². The van der Waals surface area contributed by atoms with E-state index >= 15 is 0 Å². The third-order valence-corrected chi connectivity index (χ3v) is 4.36. The first-order chi connectivity index (χ1) is 13.0. The molecule has 0 saturated heterocycles. The van der Waals surface area contributed by atoms with Gasteiger partial charge in [0.15, 0.2) is 0 Å². The smallest absolute Gasteiger partial charge is 0.319 e. The molecule has 27 heavy (non-hydrogen) atoms. The molecule has 2 aromatic rings. The summed E-state index contributed by atoms with van der Waals surface area (Å²) in [5.41, 5.74) is 2.15. The Hall–Kier alpha value is -2.99. The van der Waals surface area contributed by atoms with Gasteiger partial charge < -0.3 is 20.7 Å². The number of carbonyl (C=O) groups is 2. The summed E-state index contributed by atoms with van der Waals surface area (Å²) in [5, 5.41) is 8.80. The lowest BCUT2D eigenvalue weighted by Crippen LogP contribution is -2.46. The van der Waals surface area contributed by atoms with Gasteiger partial charge in [-0.05, 0) is 44.2 Å². The van der Waals surface area contributed by atoms with Crippen molar-refractivity contribution in [3.05, 3.63) is 70.4 Å². The van der Waals surface area contributed by atoms with E-state index in [1.54, 1.807) is 37.3 Å². The number of hydrogen-bond acceptors (Lipinski definition) is 3. The summed E-state index contributed by atoms with van der Waals surface area (Å²) in [6.07, 6.45) is 0. The fourth-order valence-electron chi connectivity index (χ4n) is 2.98. The Bertz CT molecular complexity index is 897. The lowest BCUT2D eigenvalue weighted by molar-refractivity contribution is -0.113. The summed E-state index contributed by atoms with van der Waals surface area (Å²) in [7, 11) is 0. The van der Waals surface area contributed by atoms with Gasteiger partial charge in [0.25, 0.3) is 5.91 Å². The minimum Gasteiger partial charge on any atom is -0.494 e. The minimum absolute atomic E-state index is 0.321. The predicted octanol–water partition coefficient (Wildman–Crippen LogP) is 4.01. The van der Waals surface area contributed by atoms with Crippen molar-refractivity contribution in [2.45, 2.75) is 19.9 Å². The number of rotatable bonds is 5. The highest BCUT2D eigenvalue weighted by Crippen LogP contribution is 2.35. The van der Waals surface area contributed by atoms with Crippen molar-refractivity contribution < 1.29 is 14.3 Å². The normalized spacial score (nSPS) is 16.4. The molecule has 0 fully saturated rings. The number of halogens is 1. The molecule has 0 aliphatic carbocycles. The van der Waals surface area contributed by atoms with Crippen LogP contribution in [0, 0.1) is 0 Å². The zero-order valence-corrected chi connectivity index (χ0v) is 15.8. The summed E-state index contributed by atoms with van der Waals surface area (Å²) in [5.74, 6) is 0.241. The van der Waals surface area contributed by atoms with Gasteiger partial charge in [0, 0.05) is 22.0 Å². The summed E-state index contributed by atoms with van der Waals surface area (Å²) in [6.45, 7) is 4.00. The van der Waals surface area contributed by atoms with E-state index in [-0.39, 0.29) is 5.91 Å². The monoisotopic (exact) mass is 385 g/mol. The van der Waals surface area contributed by atoms with Crippen molar-refractivity contribution >= 4 is 29.2 Å². The average molecular weight is 386 g/mol. The molecule has 3 N–H and O–H groups in total. The highest BCUT2D eigenvalue weighted by Gasteiger charge is 2.33. The van der Waals surface area contributed by atoms with E-state index < -0.39 is 12.1 Å². The molecule has 3 amide bonds. The van der Waals surface area contributed by atoms with E-state index in [4.69, 9.17) is 16.3 Å². The van der Waals surface area contributed by atoms with Crippen LogP contribution in [0.1, 0.15) is 25.5 Å². The molecule has 1 atom stereocenters. The maximum Gasteiger partial charge on any atom is 0.319 e. The van der Waals surface area contributed by atoms with Crippen LogP contribution in [0.15, 0.2) is 59.8 Å². The summed E-state index contributed by atoms with van der Waals surface area (Å²) >= 11 is 6.17. The molecule has 0 bridgehead atoms. The molecule has 1 aliphatic rings. The Morgan fingerprint density at radius 1 is 1.22 bits per heavy atom. The second-order valence-corrected chi connectivity index (χ2v) is 6.44. The zero-order valence-electron chi connectivity index (χ0n) is 15.0. The van der Waals surface area contributed by atoms with Crippen LogP contribution in [0.5, 0.6) is 5.75 Å². The van der Waals surface area contributed by atoms with E-state index in [1.165, 1.54) is 0 Å². The maximum absolute atomic E-state index is 13.0. The van der Waals surface area contributed by atoms with Crippen LogP contribution < -0.4 is 20.7 Å². The predicted molar refractivity (Wildman–Crippen MR) is 105 cm³/mol. The van der Waals surface area contributed by atoms with E-state index in [2.05, 4.69) is 16.0 Å². The number of amides is 3. The first kappa shape index (κ1) is 18.8. The quantitative estimate of drug-likeness (QED) is 0.727. The summed E-state index contributed by atoms with van der Waals surface area (Å²) < 4.78 is 5.68. The fraction of sp³-hybridized carbons (Fsp3) is 0.200. The highest BCUT2D eigenvalue weighted by molar-refractivity contribution is 6.30. The molecule has 0 spiro atoms. The molecule has 0 aromatic heterocycles. The Morgan fingerprint density at radius 3 is 2.67 bits per heavy atom. The Morgan fingerprint density at radius 2 is 1.96 bits per heavy atom. The standard InChI is InChI=1S/C20H20ClN3O3/c1-3-27-16-10-9-13(21)11-15(16)18-17(12(2)22-20(26)24-18)19(25)23-14-7-5-4-6-8-14/h4-11,18H,3H2,1-2H3,(H,23,25)(H2,22,24,26). The summed E-state index contributed by atoms with van der Waals surface area (Å²) in [4.78, 5) is 25.1. The number of carbonyl (C=O) groups excluding carboxylic acids is 2. The van der Waals surface area contributed by atoms with Crippen molar-refractivity contribution in [1.29, 1.82) is 0 Å². The van der Waals surface area contributed by atoms with Crippen LogP contribution in [0.2, 0.25) is 5.02 Å². The van der Waals surface area contributed by atoms with Crippen molar-refractivity contribution in [3.63, 3.8) is 0 Å². The van der Waals surface area contributed by atoms with Gasteiger partial charge in [-0.3, -0.25) is 4.79 Å². The molecule has 7 heteroatoms. The molecule has 0 saturated carbocycles. The number of nitrogens with one attached hydrogen (secondary N) is 3. The van der Waals surface area contributed by atoms with Crippen LogP contribution in [-0.2, 0) is 4.79 Å². The number of para-hydroxylation sites is 1. The minimum atomic E-state index is -0.692. The lowest BCUT2D eigenvalue weighted by atomic mass is 9.94. The van der Waals surface area contributed by atoms with Crippen LogP contribution in [0.4, 0.5) is 10.5 Å². The molecule has 1 heterocycles. The maximum atomic E-state index is 13.0. The topological polar surface area (TPSA) is 79.5 Å². The fourth-order valence-corrected chi connectivity index (χ4v) is 3.16. The molecule has 0 radical (unpaired) electrons. The van der Waals surface area contributed by atoms with Gasteiger partial charge in [0.1, 0.15) is 5.75 Å². The number of ether oxygens (including phenoxy) is 1. The molecule has 3 rings (SSSR count). The molecule has 140 valence electrons. The van der Waals surface area contributed by atoms with Gasteiger partial charge in [-0.25, -0.2) is 4.79 Å². The van der Waals surface area contributed by atoms with E-state index in [1.807, 2.05) is 25.1 Å². The highest BCUT2D eigenvalue weighted by atomic mass is 35.5. The molecular weight excluding hydrogens is 366 g/mol. The van der Waals surface area contributed by atoms with Gasteiger partial charge >= 0.3 is 6.03 Å². The number of hydrogen-bond donors (Lipinski definition) is 3. The first-order valence-electron chi connectivity index (χ1n) is 8.56. The summed E-state index contributed by atoms with van der Waals surface area (Å²) in [6, 6.07) is 13.2. The number of allylic oxidation sites excluding steroid dienone is 1. The lowest BCUT2D eigenvalue weighted by Gasteiger charge is -2.29. The zero-order chi connectivity index (χ0) is 19.4. The number of benzene rings is 2. The number of urea groups is 1. The Kier molecular flexibility index (Phi) is 5.66. The SMILES string of the molecule is CCOc1ccc(Cl)cc1C1NC(=O)NC(C)=C1C(=O)Nc1ccccc1. The average Bonchev–Trinajstić information content (AvgIpc) is 2.63. The number of anilines is 1. The van der Waals surface area contributed by atoms with E-state index in [9.17, 15) is 9.59 Å². The largest absolute Gasteiger partial charge is 0.494 e. The van der Waals surface area contributed by atoms with Gasteiger partial charge in [-0.1, -0.05) is 29.8 Å². The third kappa shape index (κ3) is 4.23. The van der Waals surface area contributed by atoms with Crippen LogP contribution in [0.3, 0.4) is 0 Å². The first-order valence-corrected chi connectivity index (χ1v) is 8.94. The van der Waals surface area contributed by atoms with E-state index in [0.717, 1.165) is 0 Å². The second-order valence-electron chi connectivity index (χ2n) is 6.01. The van der Waals surface area contributed by atoms with Crippen molar-refractivity contribution in [2.75, 3.05) is 11.9 Å². The van der Waals surface area contributed by atoms with Crippen molar-refractivity contribution in [3.8, 4) is 5.75 Å². The van der Waals surface area contributed by atoms with E-state index in [0.29, 0.717) is 39.9 Å². The van der Waals surface area contributed by atoms with Crippen LogP contribution in [-0.4, -0.2) is 18.5 Å². The van der Waals surface area contributed by atoms with Gasteiger partial charge in [0.05, 0.1) is 18.2 Å². The van der Waals surface area contributed by atoms with Crippen LogP contribution >= 0.6 is 11.6 Å². The molecule has 6 nitrogen and oxygen atoms in total.